The molecule has 0 saturated heterocycles. The van der Waals surface area contributed by atoms with Crippen molar-refractivity contribution in [2.45, 2.75) is 44.9 Å². The first-order valence-corrected chi connectivity index (χ1v) is 9.91. The van der Waals surface area contributed by atoms with E-state index >= 15 is 0 Å². The zero-order valence-electron chi connectivity index (χ0n) is 18.0. The van der Waals surface area contributed by atoms with Gasteiger partial charge < -0.3 is 24.7 Å². The van der Waals surface area contributed by atoms with Gasteiger partial charge in [0.25, 0.3) is 0 Å². The summed E-state index contributed by atoms with van der Waals surface area (Å²) in [6.07, 6.45) is 0.450. The number of halogens is 1. The summed E-state index contributed by atoms with van der Waals surface area (Å²) in [5, 5.41) is 31.6. The predicted molar refractivity (Wildman–Crippen MR) is 113 cm³/mol. The largest absolute Gasteiger partial charge is 1.00 e. The summed E-state index contributed by atoms with van der Waals surface area (Å²) in [5.41, 5.74) is 3.61. The van der Waals surface area contributed by atoms with Crippen LogP contribution in [0, 0.1) is 5.82 Å². The molecule has 0 saturated carbocycles. The SMILES string of the molecule is CC(C)n1c(/C=C/[C@@H](O)C[C@H](O)CC(=O)[O-])c(-c2ccc(F)cc2)c2ccccc21.[Na+]. The molecule has 2 atom stereocenters. The Kier molecular flexibility index (Phi) is 9.03. The van der Waals surface area contributed by atoms with Crippen LogP contribution in [0.5, 0.6) is 0 Å². The fraction of sp³-hybridized carbons (Fsp3) is 0.292. The molecule has 0 aliphatic carbocycles. The first-order valence-electron chi connectivity index (χ1n) is 9.91. The van der Waals surface area contributed by atoms with Gasteiger partial charge in [-0.1, -0.05) is 36.4 Å². The van der Waals surface area contributed by atoms with Crippen molar-refractivity contribution in [3.63, 3.8) is 0 Å². The maximum absolute atomic E-state index is 13.5. The zero-order chi connectivity index (χ0) is 21.8. The minimum atomic E-state index is -1.36. The van der Waals surface area contributed by atoms with E-state index in [2.05, 4.69) is 18.4 Å². The summed E-state index contributed by atoms with van der Waals surface area (Å²) in [6.45, 7) is 4.11. The van der Waals surface area contributed by atoms with Crippen molar-refractivity contribution < 1.29 is 54.1 Å². The molecular weight excluding hydrogens is 408 g/mol. The standard InChI is InChI=1S/C24H26FNO4.Na/c1-15(2)26-21-6-4-3-5-20(21)24(16-7-9-17(25)10-8-16)22(26)12-11-18(27)13-19(28)14-23(29)30;/h3-12,15,18-19,27-28H,13-14H2,1-2H3,(H,29,30);/q;+1/p-1/b12-11+;/t18-,19+;/m1./s1. The van der Waals surface area contributed by atoms with Gasteiger partial charge in [0.2, 0.25) is 0 Å². The Balaban J connectivity index is 0.00000341. The van der Waals surface area contributed by atoms with Crippen LogP contribution in [-0.4, -0.2) is 33.0 Å². The van der Waals surface area contributed by atoms with Crippen molar-refractivity contribution in [1.82, 2.24) is 4.57 Å². The minimum absolute atomic E-state index is 0. The first-order chi connectivity index (χ1) is 14.3. The van der Waals surface area contributed by atoms with Gasteiger partial charge in [-0.25, -0.2) is 4.39 Å². The molecule has 0 aliphatic heterocycles. The predicted octanol–water partition coefficient (Wildman–Crippen LogP) is 0.297. The summed E-state index contributed by atoms with van der Waals surface area (Å²) in [5.74, 6) is -1.68. The van der Waals surface area contributed by atoms with Crippen LogP contribution >= 0.6 is 0 Å². The van der Waals surface area contributed by atoms with Crippen molar-refractivity contribution in [2.24, 2.45) is 0 Å². The molecule has 1 aromatic heterocycles. The van der Waals surface area contributed by atoms with E-state index in [0.29, 0.717) is 0 Å². The third-order valence-electron chi connectivity index (χ3n) is 4.99. The number of rotatable bonds is 8. The molecule has 158 valence electrons. The molecule has 0 fully saturated rings. The fourth-order valence-corrected chi connectivity index (χ4v) is 3.76. The second-order valence-electron chi connectivity index (χ2n) is 7.64. The molecule has 7 heteroatoms. The molecule has 2 aromatic carbocycles. The van der Waals surface area contributed by atoms with E-state index in [0.717, 1.165) is 27.7 Å². The molecule has 0 bridgehead atoms. The van der Waals surface area contributed by atoms with Crippen molar-refractivity contribution in [3.8, 4) is 11.1 Å². The third kappa shape index (κ3) is 6.05. The molecule has 3 aromatic rings. The molecule has 31 heavy (non-hydrogen) atoms. The van der Waals surface area contributed by atoms with Gasteiger partial charge in [-0.15, -0.1) is 0 Å². The number of carbonyl (C=O) groups excluding carboxylic acids is 1. The number of carboxylic acids is 1. The fourth-order valence-electron chi connectivity index (χ4n) is 3.76. The van der Waals surface area contributed by atoms with E-state index in [-0.39, 0.29) is 47.8 Å². The van der Waals surface area contributed by atoms with Gasteiger partial charge in [0.1, 0.15) is 5.82 Å². The first kappa shape index (κ1) is 25.3. The molecule has 5 nitrogen and oxygen atoms in total. The van der Waals surface area contributed by atoms with Gasteiger partial charge in [-0.2, -0.15) is 0 Å². The number of carbonyl (C=O) groups is 1. The van der Waals surface area contributed by atoms with E-state index in [1.165, 1.54) is 12.1 Å². The van der Waals surface area contributed by atoms with Crippen LogP contribution in [-0.2, 0) is 4.79 Å². The number of carboxylic acid groups (broad SMARTS) is 1. The minimum Gasteiger partial charge on any atom is -0.550 e. The van der Waals surface area contributed by atoms with Gasteiger partial charge in [0.15, 0.2) is 0 Å². The molecule has 0 amide bonds. The molecule has 0 spiro atoms. The number of aliphatic carboxylic acids is 1. The van der Waals surface area contributed by atoms with Crippen molar-refractivity contribution >= 4 is 22.9 Å². The topological polar surface area (TPSA) is 85.5 Å². The average Bonchev–Trinajstić information content (AvgIpc) is 3.00. The van der Waals surface area contributed by atoms with E-state index in [1.54, 1.807) is 24.3 Å². The van der Waals surface area contributed by atoms with E-state index in [9.17, 15) is 24.5 Å². The molecule has 3 rings (SSSR count). The summed E-state index contributed by atoms with van der Waals surface area (Å²) < 4.78 is 15.6. The number of aliphatic hydroxyl groups excluding tert-OH is 2. The van der Waals surface area contributed by atoms with E-state index < -0.39 is 24.6 Å². The Labute approximate surface area is 203 Å². The maximum Gasteiger partial charge on any atom is 1.00 e. The Hall–Kier alpha value is -1.96. The number of hydrogen-bond acceptors (Lipinski definition) is 4. The van der Waals surface area contributed by atoms with Gasteiger partial charge in [0, 0.05) is 47.0 Å². The summed E-state index contributed by atoms with van der Waals surface area (Å²) in [6, 6.07) is 14.3. The summed E-state index contributed by atoms with van der Waals surface area (Å²) >= 11 is 0. The number of fused-ring (bicyclic) bond motifs is 1. The zero-order valence-corrected chi connectivity index (χ0v) is 20.0. The number of hydrogen-bond donors (Lipinski definition) is 2. The summed E-state index contributed by atoms with van der Waals surface area (Å²) in [4.78, 5) is 10.6. The number of aliphatic hydroxyl groups is 2. The van der Waals surface area contributed by atoms with Crippen LogP contribution in [0.2, 0.25) is 0 Å². The molecule has 0 radical (unpaired) electrons. The molecule has 1 heterocycles. The number of nitrogens with zero attached hydrogens (tertiary/aromatic N) is 1. The van der Waals surface area contributed by atoms with Crippen LogP contribution in [0.4, 0.5) is 4.39 Å². The quantitative estimate of drug-likeness (QED) is 0.501. The Morgan fingerprint density at radius 1 is 1.13 bits per heavy atom. The molecular formula is C24H25FNNaO4. The normalized spacial score (nSPS) is 13.5. The Morgan fingerprint density at radius 2 is 1.77 bits per heavy atom. The van der Waals surface area contributed by atoms with E-state index in [4.69, 9.17) is 0 Å². The van der Waals surface area contributed by atoms with Crippen LogP contribution in [0.25, 0.3) is 28.1 Å². The monoisotopic (exact) mass is 433 g/mol. The second-order valence-corrected chi connectivity index (χ2v) is 7.64. The molecule has 0 aliphatic rings. The van der Waals surface area contributed by atoms with Crippen LogP contribution in [0.15, 0.2) is 54.6 Å². The van der Waals surface area contributed by atoms with Crippen LogP contribution in [0.1, 0.15) is 38.4 Å². The van der Waals surface area contributed by atoms with Crippen molar-refractivity contribution in [2.75, 3.05) is 0 Å². The number of benzene rings is 2. The van der Waals surface area contributed by atoms with Crippen LogP contribution in [0.3, 0.4) is 0 Å². The van der Waals surface area contributed by atoms with Gasteiger partial charge >= 0.3 is 29.6 Å². The number of aromatic nitrogens is 1. The van der Waals surface area contributed by atoms with Crippen molar-refractivity contribution in [3.05, 3.63) is 66.1 Å². The smallest absolute Gasteiger partial charge is 0.550 e. The Bertz CT molecular complexity index is 1060. The van der Waals surface area contributed by atoms with Gasteiger partial charge in [0.05, 0.1) is 12.2 Å². The molecule has 2 N–H and O–H groups in total. The van der Waals surface area contributed by atoms with Crippen LogP contribution < -0.4 is 34.7 Å². The average molecular weight is 433 g/mol. The third-order valence-corrected chi connectivity index (χ3v) is 4.99. The van der Waals surface area contributed by atoms with Crippen molar-refractivity contribution in [1.29, 1.82) is 0 Å². The second kappa shape index (κ2) is 11.1. The summed E-state index contributed by atoms with van der Waals surface area (Å²) in [7, 11) is 0. The van der Waals surface area contributed by atoms with E-state index in [1.807, 2.05) is 24.3 Å². The maximum atomic E-state index is 13.5. The number of para-hydroxylation sites is 1. The van der Waals surface area contributed by atoms with Gasteiger partial charge in [-0.05, 0) is 43.7 Å². The molecule has 0 unspecified atom stereocenters. The Morgan fingerprint density at radius 3 is 2.39 bits per heavy atom. The van der Waals surface area contributed by atoms with Gasteiger partial charge in [-0.3, -0.25) is 0 Å².